The molecular weight excluding hydrogens is 348 g/mol. The van der Waals surface area contributed by atoms with Gasteiger partial charge in [0.2, 0.25) is 0 Å². The summed E-state index contributed by atoms with van der Waals surface area (Å²) in [7, 11) is 0. The summed E-state index contributed by atoms with van der Waals surface area (Å²) in [6.45, 7) is 6.77. The van der Waals surface area contributed by atoms with Crippen molar-refractivity contribution in [3.63, 3.8) is 0 Å². The number of benzene rings is 2. The lowest BCUT2D eigenvalue weighted by Gasteiger charge is -2.11. The van der Waals surface area contributed by atoms with Crippen LogP contribution in [0, 0.1) is 12.8 Å². The Morgan fingerprint density at radius 3 is 2.54 bits per heavy atom. The van der Waals surface area contributed by atoms with Gasteiger partial charge in [0, 0.05) is 12.0 Å². The van der Waals surface area contributed by atoms with Gasteiger partial charge in [-0.1, -0.05) is 62.4 Å². The first kappa shape index (κ1) is 19.9. The topological polar surface area (TPSA) is 39.4 Å². The first-order valence-corrected chi connectivity index (χ1v) is 9.84. The lowest BCUT2D eigenvalue weighted by molar-refractivity contribution is -0.144. The van der Waals surface area contributed by atoms with E-state index in [0.29, 0.717) is 12.3 Å². The highest BCUT2D eigenvalue weighted by molar-refractivity contribution is 5.72. The van der Waals surface area contributed by atoms with Crippen molar-refractivity contribution in [2.24, 2.45) is 5.92 Å². The van der Waals surface area contributed by atoms with Gasteiger partial charge in [0.1, 0.15) is 12.4 Å². The van der Waals surface area contributed by atoms with Crippen LogP contribution < -0.4 is 0 Å². The second kappa shape index (κ2) is 9.41. The Morgan fingerprint density at radius 1 is 1.00 bits per heavy atom. The SMILES string of the molecule is Cc1ccc(CC(=O)OCc2coc(Cc3ccccc3)c2)cc1CC(C)C. The zero-order chi connectivity index (χ0) is 19.9. The van der Waals surface area contributed by atoms with Crippen LogP contribution in [0.3, 0.4) is 0 Å². The van der Waals surface area contributed by atoms with E-state index in [1.807, 2.05) is 30.3 Å². The summed E-state index contributed by atoms with van der Waals surface area (Å²) in [6, 6.07) is 18.3. The summed E-state index contributed by atoms with van der Waals surface area (Å²) < 4.78 is 11.0. The summed E-state index contributed by atoms with van der Waals surface area (Å²) in [6.07, 6.45) is 3.71. The minimum absolute atomic E-state index is 0.217. The van der Waals surface area contributed by atoms with E-state index in [1.54, 1.807) is 6.26 Å². The van der Waals surface area contributed by atoms with Gasteiger partial charge in [-0.25, -0.2) is 0 Å². The predicted octanol–water partition coefficient (Wildman–Crippen LogP) is 5.66. The lowest BCUT2D eigenvalue weighted by Crippen LogP contribution is -2.08. The number of hydrogen-bond acceptors (Lipinski definition) is 3. The number of rotatable bonds is 8. The fraction of sp³-hybridized carbons (Fsp3) is 0.320. The zero-order valence-corrected chi connectivity index (χ0v) is 16.9. The number of ether oxygens (including phenoxy) is 1. The molecule has 0 spiro atoms. The molecule has 3 rings (SSSR count). The van der Waals surface area contributed by atoms with E-state index < -0.39 is 0 Å². The Kier molecular flexibility index (Phi) is 6.70. The number of esters is 1. The number of hydrogen-bond donors (Lipinski definition) is 0. The van der Waals surface area contributed by atoms with Crippen LogP contribution in [-0.2, 0) is 35.4 Å². The molecule has 146 valence electrons. The average molecular weight is 376 g/mol. The van der Waals surface area contributed by atoms with Crippen molar-refractivity contribution in [1.82, 2.24) is 0 Å². The molecule has 0 unspecified atom stereocenters. The van der Waals surface area contributed by atoms with Crippen molar-refractivity contribution in [2.45, 2.75) is 46.6 Å². The normalized spacial score (nSPS) is 11.0. The van der Waals surface area contributed by atoms with Crippen molar-refractivity contribution in [3.8, 4) is 0 Å². The maximum absolute atomic E-state index is 12.2. The third kappa shape index (κ3) is 5.85. The van der Waals surface area contributed by atoms with E-state index >= 15 is 0 Å². The molecule has 1 aromatic heterocycles. The van der Waals surface area contributed by atoms with E-state index in [0.717, 1.165) is 29.7 Å². The highest BCUT2D eigenvalue weighted by Crippen LogP contribution is 2.17. The van der Waals surface area contributed by atoms with Gasteiger partial charge in [0.25, 0.3) is 0 Å². The van der Waals surface area contributed by atoms with E-state index in [4.69, 9.17) is 9.15 Å². The molecule has 3 aromatic rings. The van der Waals surface area contributed by atoms with Crippen LogP contribution in [0.2, 0.25) is 0 Å². The van der Waals surface area contributed by atoms with Gasteiger partial charge < -0.3 is 9.15 Å². The molecule has 0 fully saturated rings. The van der Waals surface area contributed by atoms with Crippen LogP contribution in [0.1, 0.15) is 47.4 Å². The highest BCUT2D eigenvalue weighted by Gasteiger charge is 2.10. The Balaban J connectivity index is 1.52. The summed E-state index contributed by atoms with van der Waals surface area (Å²) in [5.74, 6) is 1.24. The van der Waals surface area contributed by atoms with Gasteiger partial charge in [0.05, 0.1) is 12.7 Å². The summed E-state index contributed by atoms with van der Waals surface area (Å²) in [5, 5.41) is 0. The van der Waals surface area contributed by atoms with E-state index in [9.17, 15) is 4.79 Å². The molecule has 3 heteroatoms. The largest absolute Gasteiger partial charge is 0.469 e. The summed E-state index contributed by atoms with van der Waals surface area (Å²) in [5.41, 5.74) is 5.65. The monoisotopic (exact) mass is 376 g/mol. The van der Waals surface area contributed by atoms with Gasteiger partial charge in [-0.05, 0) is 47.6 Å². The smallest absolute Gasteiger partial charge is 0.310 e. The second-order valence-corrected chi connectivity index (χ2v) is 7.78. The standard InChI is InChI=1S/C25H28O3/c1-18(2)11-23-12-21(10-9-19(23)3)15-25(26)28-17-22-14-24(27-16-22)13-20-7-5-4-6-8-20/h4-10,12,14,16,18H,11,13,15,17H2,1-3H3. The molecule has 0 aliphatic carbocycles. The molecule has 0 saturated heterocycles. The first-order valence-electron chi connectivity index (χ1n) is 9.84. The first-order chi connectivity index (χ1) is 13.5. The molecule has 1 heterocycles. The number of carbonyl (C=O) groups is 1. The van der Waals surface area contributed by atoms with E-state index in [2.05, 4.69) is 45.0 Å². The Bertz CT molecular complexity index is 907. The molecular formula is C25H28O3. The Labute approximate surface area is 167 Å². The number of furan rings is 1. The van der Waals surface area contributed by atoms with Crippen LogP contribution in [0.5, 0.6) is 0 Å². The van der Waals surface area contributed by atoms with Gasteiger partial charge in [0.15, 0.2) is 0 Å². The molecule has 0 saturated carbocycles. The van der Waals surface area contributed by atoms with Gasteiger partial charge in [-0.2, -0.15) is 0 Å². The van der Waals surface area contributed by atoms with Crippen LogP contribution in [0.25, 0.3) is 0 Å². The molecule has 0 aliphatic heterocycles. The van der Waals surface area contributed by atoms with Crippen LogP contribution >= 0.6 is 0 Å². The minimum Gasteiger partial charge on any atom is -0.469 e. The van der Waals surface area contributed by atoms with Crippen LogP contribution in [-0.4, -0.2) is 5.97 Å². The quantitative estimate of drug-likeness (QED) is 0.476. The summed E-state index contributed by atoms with van der Waals surface area (Å²) >= 11 is 0. The fourth-order valence-electron chi connectivity index (χ4n) is 3.27. The number of aryl methyl sites for hydroxylation is 1. The third-order valence-corrected chi connectivity index (χ3v) is 4.72. The van der Waals surface area contributed by atoms with Gasteiger partial charge in [-0.15, -0.1) is 0 Å². The van der Waals surface area contributed by atoms with Crippen molar-refractivity contribution >= 4 is 5.97 Å². The third-order valence-electron chi connectivity index (χ3n) is 4.72. The molecule has 0 amide bonds. The Hall–Kier alpha value is -2.81. The Morgan fingerprint density at radius 2 is 1.79 bits per heavy atom. The lowest BCUT2D eigenvalue weighted by atomic mass is 9.96. The fourth-order valence-corrected chi connectivity index (χ4v) is 3.27. The van der Waals surface area contributed by atoms with Gasteiger partial charge in [-0.3, -0.25) is 4.79 Å². The van der Waals surface area contributed by atoms with Crippen molar-refractivity contribution in [3.05, 3.63) is 94.4 Å². The van der Waals surface area contributed by atoms with Crippen LogP contribution in [0.15, 0.2) is 65.3 Å². The molecule has 0 radical (unpaired) electrons. The highest BCUT2D eigenvalue weighted by atomic mass is 16.5. The molecule has 0 bridgehead atoms. The van der Waals surface area contributed by atoms with Gasteiger partial charge >= 0.3 is 5.97 Å². The van der Waals surface area contributed by atoms with Crippen molar-refractivity contribution in [1.29, 1.82) is 0 Å². The molecule has 0 atom stereocenters. The number of carbonyl (C=O) groups excluding carboxylic acids is 1. The van der Waals surface area contributed by atoms with Crippen LogP contribution in [0.4, 0.5) is 0 Å². The predicted molar refractivity (Wildman–Crippen MR) is 111 cm³/mol. The van der Waals surface area contributed by atoms with Crippen molar-refractivity contribution < 1.29 is 13.9 Å². The molecule has 0 N–H and O–H groups in total. The molecule has 0 aliphatic rings. The molecule has 3 nitrogen and oxygen atoms in total. The van der Waals surface area contributed by atoms with E-state index in [1.165, 1.54) is 16.7 Å². The van der Waals surface area contributed by atoms with Crippen molar-refractivity contribution in [2.75, 3.05) is 0 Å². The maximum Gasteiger partial charge on any atom is 0.310 e. The average Bonchev–Trinajstić information content (AvgIpc) is 3.11. The zero-order valence-electron chi connectivity index (χ0n) is 16.9. The van der Waals surface area contributed by atoms with E-state index in [-0.39, 0.29) is 12.6 Å². The maximum atomic E-state index is 12.2. The summed E-state index contributed by atoms with van der Waals surface area (Å²) in [4.78, 5) is 12.2. The second-order valence-electron chi connectivity index (χ2n) is 7.78. The minimum atomic E-state index is -0.217. The molecule has 2 aromatic carbocycles. The molecule has 28 heavy (non-hydrogen) atoms.